The number of carbonyl (C=O) groups excluding carboxylic acids is 5. The van der Waals surface area contributed by atoms with Crippen LogP contribution in [0.4, 0.5) is 13.2 Å². The summed E-state index contributed by atoms with van der Waals surface area (Å²) in [6.07, 6.45) is -1.88. The summed E-state index contributed by atoms with van der Waals surface area (Å²) in [6.45, 7) is 7.49. The Morgan fingerprint density at radius 2 is 1.89 bits per heavy atom. The third kappa shape index (κ3) is 6.02. The molecular formula is C24H35ClF3N5O5. The Labute approximate surface area is 224 Å². The molecule has 10 nitrogen and oxygen atoms in total. The van der Waals surface area contributed by atoms with Crippen molar-refractivity contribution in [2.24, 2.45) is 29.1 Å². The standard InChI is InChI=1S/C24H35ClF3N5O5/c1-5-11(2)15(30-21(36)18(27)28)22(37)32-10-13-14(24(13,3)4)16(32)20(35)31-33(23(38)17(25)26)9-12-7-6-8-29-19(12)34/h11-18H,5-10H2,1-4H3,(H,29,34)(H,30,36)(H,31,35)/t11-,12-,13-,14-,15-,16-,17-/m0/s1. The maximum atomic E-state index is 13.8. The van der Waals surface area contributed by atoms with Crippen molar-refractivity contribution in [1.82, 2.24) is 26.0 Å². The lowest BCUT2D eigenvalue weighted by Gasteiger charge is -2.36. The van der Waals surface area contributed by atoms with Gasteiger partial charge in [-0.25, -0.2) is 9.40 Å². The molecule has 0 spiro atoms. The first-order valence-corrected chi connectivity index (χ1v) is 13.2. The number of piperidine rings is 2. The highest BCUT2D eigenvalue weighted by molar-refractivity contribution is 6.29. The number of carbonyl (C=O) groups is 5. The summed E-state index contributed by atoms with van der Waals surface area (Å²) in [6, 6.07) is -2.40. The van der Waals surface area contributed by atoms with E-state index < -0.39 is 59.6 Å². The average molecular weight is 566 g/mol. The lowest BCUT2D eigenvalue weighted by Crippen LogP contribution is -2.61. The molecule has 0 unspecified atom stereocenters. The van der Waals surface area contributed by atoms with Gasteiger partial charge in [-0.1, -0.05) is 45.7 Å². The summed E-state index contributed by atoms with van der Waals surface area (Å²) in [5.41, 5.74) is -0.440. The molecule has 3 aliphatic rings. The molecule has 3 rings (SSSR count). The quantitative estimate of drug-likeness (QED) is 0.286. The monoisotopic (exact) mass is 565 g/mol. The van der Waals surface area contributed by atoms with Crippen LogP contribution in [0.1, 0.15) is 47.0 Å². The number of nitrogens with zero attached hydrogens (tertiary/aromatic N) is 2. The third-order valence-corrected chi connectivity index (χ3v) is 8.42. The van der Waals surface area contributed by atoms with Gasteiger partial charge in [0, 0.05) is 13.1 Å². The van der Waals surface area contributed by atoms with E-state index in [1.165, 1.54) is 4.90 Å². The van der Waals surface area contributed by atoms with E-state index in [0.29, 0.717) is 30.8 Å². The molecule has 0 aromatic heterocycles. The minimum atomic E-state index is -3.32. The zero-order valence-electron chi connectivity index (χ0n) is 21.8. The van der Waals surface area contributed by atoms with Crippen LogP contribution >= 0.6 is 11.6 Å². The van der Waals surface area contributed by atoms with Crippen molar-refractivity contribution in [3.8, 4) is 0 Å². The topological polar surface area (TPSA) is 128 Å². The van der Waals surface area contributed by atoms with Crippen molar-refractivity contribution in [1.29, 1.82) is 0 Å². The maximum Gasteiger partial charge on any atom is 0.315 e. The van der Waals surface area contributed by atoms with Gasteiger partial charge in [-0.2, -0.15) is 8.78 Å². The largest absolute Gasteiger partial charge is 0.356 e. The van der Waals surface area contributed by atoms with E-state index in [1.54, 1.807) is 13.8 Å². The van der Waals surface area contributed by atoms with E-state index in [4.69, 9.17) is 11.6 Å². The lowest BCUT2D eigenvalue weighted by molar-refractivity contribution is -0.151. The van der Waals surface area contributed by atoms with Gasteiger partial charge in [-0.05, 0) is 36.0 Å². The molecule has 38 heavy (non-hydrogen) atoms. The SMILES string of the molecule is CC[C@H](C)[C@H](NC(=O)C(F)F)C(=O)N1C[C@H]2[C@@H]([C@H]1C(=O)NN(C[C@@H]1CCCNC1=O)C(=O)[C@H](F)Cl)C2(C)C. The first kappa shape index (κ1) is 30.0. The van der Waals surface area contributed by atoms with E-state index in [1.807, 2.05) is 13.8 Å². The highest BCUT2D eigenvalue weighted by atomic mass is 35.5. The van der Waals surface area contributed by atoms with E-state index in [2.05, 4.69) is 16.1 Å². The van der Waals surface area contributed by atoms with Gasteiger partial charge in [0.05, 0.1) is 12.5 Å². The highest BCUT2D eigenvalue weighted by Gasteiger charge is 2.69. The molecule has 3 N–H and O–H groups in total. The summed E-state index contributed by atoms with van der Waals surface area (Å²) in [4.78, 5) is 64.8. The lowest BCUT2D eigenvalue weighted by atomic mass is 9.95. The maximum absolute atomic E-state index is 13.8. The number of rotatable bonds is 9. The Balaban J connectivity index is 1.85. The molecule has 2 heterocycles. The Morgan fingerprint density at radius 1 is 1.24 bits per heavy atom. The van der Waals surface area contributed by atoms with Crippen LogP contribution in [0.5, 0.6) is 0 Å². The van der Waals surface area contributed by atoms with E-state index in [0.717, 1.165) is 0 Å². The Kier molecular flexibility index (Phi) is 9.20. The zero-order valence-corrected chi connectivity index (χ0v) is 22.6. The minimum Gasteiger partial charge on any atom is -0.356 e. The molecule has 3 fully saturated rings. The Bertz CT molecular complexity index is 968. The summed E-state index contributed by atoms with van der Waals surface area (Å²) in [7, 11) is 0. The smallest absolute Gasteiger partial charge is 0.315 e. The molecule has 0 radical (unpaired) electrons. The van der Waals surface area contributed by atoms with Crippen LogP contribution in [0.3, 0.4) is 0 Å². The van der Waals surface area contributed by atoms with Crippen LogP contribution in [-0.2, 0) is 24.0 Å². The molecular weight excluding hydrogens is 531 g/mol. The molecule has 2 saturated heterocycles. The molecule has 7 atom stereocenters. The number of hydrazine groups is 1. The van der Waals surface area contributed by atoms with E-state index in [-0.39, 0.29) is 36.2 Å². The first-order chi connectivity index (χ1) is 17.7. The molecule has 14 heteroatoms. The van der Waals surface area contributed by atoms with Crippen molar-refractivity contribution in [3.05, 3.63) is 0 Å². The van der Waals surface area contributed by atoms with Crippen LogP contribution in [0.25, 0.3) is 0 Å². The Hall–Kier alpha value is -2.57. The second-order valence-corrected chi connectivity index (χ2v) is 11.3. The molecule has 214 valence electrons. The van der Waals surface area contributed by atoms with Crippen molar-refractivity contribution >= 4 is 41.1 Å². The average Bonchev–Trinajstić information content (AvgIpc) is 3.18. The molecule has 0 bridgehead atoms. The van der Waals surface area contributed by atoms with Crippen molar-refractivity contribution in [2.45, 2.75) is 71.1 Å². The fraction of sp³-hybridized carbons (Fsp3) is 0.792. The fourth-order valence-electron chi connectivity index (χ4n) is 5.63. The van der Waals surface area contributed by atoms with Gasteiger partial charge < -0.3 is 15.5 Å². The molecule has 0 aromatic carbocycles. The number of likely N-dealkylation sites (tertiary alicyclic amines) is 1. The summed E-state index contributed by atoms with van der Waals surface area (Å²) in [5.74, 6) is -6.29. The van der Waals surface area contributed by atoms with Gasteiger partial charge in [-0.3, -0.25) is 29.4 Å². The number of fused-ring (bicyclic) bond motifs is 1. The van der Waals surface area contributed by atoms with Crippen LogP contribution < -0.4 is 16.1 Å². The third-order valence-electron chi connectivity index (χ3n) is 8.24. The minimum absolute atomic E-state index is 0.0826. The number of nitrogens with one attached hydrogen (secondary N) is 3. The Morgan fingerprint density at radius 3 is 2.45 bits per heavy atom. The first-order valence-electron chi connectivity index (χ1n) is 12.8. The number of hydrogen-bond acceptors (Lipinski definition) is 5. The normalized spacial score (nSPS) is 28.0. The highest BCUT2D eigenvalue weighted by Crippen LogP contribution is 2.65. The predicted molar refractivity (Wildman–Crippen MR) is 130 cm³/mol. The zero-order chi connectivity index (χ0) is 28.5. The van der Waals surface area contributed by atoms with Gasteiger partial charge in [-0.15, -0.1) is 0 Å². The number of halogens is 4. The predicted octanol–water partition coefficient (Wildman–Crippen LogP) is 1.19. The molecule has 0 aromatic rings. The summed E-state index contributed by atoms with van der Waals surface area (Å²) in [5, 5.41) is 5.43. The van der Waals surface area contributed by atoms with Gasteiger partial charge in [0.1, 0.15) is 12.1 Å². The van der Waals surface area contributed by atoms with Gasteiger partial charge in [0.25, 0.3) is 23.4 Å². The molecule has 5 amide bonds. The van der Waals surface area contributed by atoms with Gasteiger partial charge >= 0.3 is 6.43 Å². The molecule has 1 saturated carbocycles. The van der Waals surface area contributed by atoms with E-state index in [9.17, 15) is 37.1 Å². The van der Waals surface area contributed by atoms with Crippen LogP contribution in [-0.4, -0.2) is 83.2 Å². The fourth-order valence-corrected chi connectivity index (χ4v) is 5.75. The second kappa shape index (κ2) is 11.7. The van der Waals surface area contributed by atoms with Crippen LogP contribution in [0.2, 0.25) is 0 Å². The van der Waals surface area contributed by atoms with Crippen molar-refractivity contribution in [3.63, 3.8) is 0 Å². The van der Waals surface area contributed by atoms with Crippen LogP contribution in [0.15, 0.2) is 0 Å². The van der Waals surface area contributed by atoms with Crippen LogP contribution in [0, 0.1) is 29.1 Å². The number of alkyl halides is 4. The second-order valence-electron chi connectivity index (χ2n) is 10.9. The molecule has 2 aliphatic heterocycles. The summed E-state index contributed by atoms with van der Waals surface area (Å²) >= 11 is 5.37. The van der Waals surface area contributed by atoms with Crippen molar-refractivity contribution in [2.75, 3.05) is 19.6 Å². The van der Waals surface area contributed by atoms with Crippen molar-refractivity contribution < 1.29 is 37.1 Å². The van der Waals surface area contributed by atoms with E-state index >= 15 is 0 Å². The summed E-state index contributed by atoms with van der Waals surface area (Å²) < 4.78 is 39.8. The molecule has 1 aliphatic carbocycles. The number of amides is 5. The number of hydrogen-bond donors (Lipinski definition) is 3. The van der Waals surface area contributed by atoms with Gasteiger partial charge in [0.15, 0.2) is 0 Å². The van der Waals surface area contributed by atoms with Gasteiger partial charge in [0.2, 0.25) is 11.8 Å².